The summed E-state index contributed by atoms with van der Waals surface area (Å²) < 4.78 is 18.6. The van der Waals surface area contributed by atoms with Crippen LogP contribution in [0.15, 0.2) is 21.8 Å². The highest BCUT2D eigenvalue weighted by atomic mass is 35.5. The lowest BCUT2D eigenvalue weighted by Crippen LogP contribution is -2.47. The van der Waals surface area contributed by atoms with E-state index in [2.05, 4.69) is 15.2 Å². The van der Waals surface area contributed by atoms with Gasteiger partial charge in [0.25, 0.3) is 17.3 Å². The molecule has 2 aromatic rings. The number of rotatable bonds is 6. The normalized spacial score (nSPS) is 29.5. The van der Waals surface area contributed by atoms with Crippen molar-refractivity contribution in [3.63, 3.8) is 0 Å². The smallest absolute Gasteiger partial charge is 0.254 e. The van der Waals surface area contributed by atoms with Gasteiger partial charge in [-0.3, -0.25) is 14.5 Å². The lowest BCUT2D eigenvalue weighted by atomic mass is 9.81. The second-order valence-electron chi connectivity index (χ2n) is 11.9. The van der Waals surface area contributed by atoms with Gasteiger partial charge >= 0.3 is 0 Å². The van der Waals surface area contributed by atoms with Crippen LogP contribution in [0.25, 0.3) is 0 Å². The van der Waals surface area contributed by atoms with Crippen molar-refractivity contribution < 1.29 is 19.0 Å². The molecule has 8 nitrogen and oxygen atoms in total. The Kier molecular flexibility index (Phi) is 7.61. The zero-order valence-corrected chi connectivity index (χ0v) is 25.2. The van der Waals surface area contributed by atoms with E-state index in [4.69, 9.17) is 25.8 Å². The number of hydrogen-bond donors (Lipinski definition) is 2. The minimum absolute atomic E-state index is 0.114. The van der Waals surface area contributed by atoms with Gasteiger partial charge in [0.05, 0.1) is 18.2 Å². The molecule has 2 N–H and O–H groups in total. The molecule has 6 rings (SSSR count). The van der Waals surface area contributed by atoms with E-state index in [1.165, 1.54) is 11.8 Å². The van der Waals surface area contributed by atoms with E-state index in [1.54, 1.807) is 6.07 Å². The minimum atomic E-state index is -0.825. The molecule has 0 radical (unpaired) electrons. The summed E-state index contributed by atoms with van der Waals surface area (Å²) >= 11 is 8.14. The molecule has 3 atom stereocenters. The lowest BCUT2D eigenvalue weighted by Gasteiger charge is -2.40. The highest BCUT2D eigenvalue weighted by Gasteiger charge is 2.49. The van der Waals surface area contributed by atoms with Gasteiger partial charge in [-0.1, -0.05) is 11.6 Å². The molecule has 2 saturated heterocycles. The number of amides is 1. The first kappa shape index (κ1) is 27.9. The predicted molar refractivity (Wildman–Crippen MR) is 156 cm³/mol. The first-order valence-electron chi connectivity index (χ1n) is 14.2. The fraction of sp³-hybridized carbons (Fsp3) is 0.600. The number of nitrogens with one attached hydrogen (secondary N) is 2. The van der Waals surface area contributed by atoms with Gasteiger partial charge < -0.3 is 24.5 Å². The van der Waals surface area contributed by atoms with Crippen LogP contribution < -0.4 is 20.3 Å². The predicted octanol–water partition coefficient (Wildman–Crippen LogP) is 4.92. The van der Waals surface area contributed by atoms with E-state index in [0.29, 0.717) is 51.1 Å². The molecule has 0 spiro atoms. The molecule has 4 aliphatic rings. The first-order chi connectivity index (χ1) is 19.2. The number of fused-ring (bicyclic) bond motifs is 2. The van der Waals surface area contributed by atoms with E-state index >= 15 is 0 Å². The molecular weight excluding hydrogens is 550 g/mol. The average molecular weight is 588 g/mol. The van der Waals surface area contributed by atoms with Crippen LogP contribution in [-0.4, -0.2) is 60.2 Å². The number of aromatic amines is 1. The molecule has 3 aliphatic heterocycles. The average Bonchev–Trinajstić information content (AvgIpc) is 3.64. The van der Waals surface area contributed by atoms with Crippen molar-refractivity contribution in [3.8, 4) is 11.5 Å². The second-order valence-corrected chi connectivity index (χ2v) is 13.2. The van der Waals surface area contributed by atoms with Gasteiger partial charge in [-0.15, -0.1) is 11.8 Å². The van der Waals surface area contributed by atoms with Crippen molar-refractivity contribution in [2.45, 2.75) is 69.7 Å². The van der Waals surface area contributed by atoms with E-state index in [0.717, 1.165) is 62.6 Å². The van der Waals surface area contributed by atoms with Gasteiger partial charge in [-0.2, -0.15) is 0 Å². The Labute approximate surface area is 244 Å². The molecule has 0 bridgehead atoms. The zero-order valence-electron chi connectivity index (χ0n) is 23.6. The fourth-order valence-corrected chi connectivity index (χ4v) is 7.97. The minimum Gasteiger partial charge on any atom is -0.448 e. The van der Waals surface area contributed by atoms with Crippen LogP contribution in [0.1, 0.15) is 59.8 Å². The highest BCUT2D eigenvalue weighted by molar-refractivity contribution is 7.98. The Balaban J connectivity index is 1.12. The maximum absolute atomic E-state index is 13.3. The third-order valence-electron chi connectivity index (χ3n) is 9.39. The van der Waals surface area contributed by atoms with Gasteiger partial charge in [0, 0.05) is 77.6 Å². The van der Waals surface area contributed by atoms with Crippen LogP contribution in [-0.2, 0) is 11.3 Å². The number of aryl methyl sites for hydroxylation is 1. The molecule has 10 heteroatoms. The van der Waals surface area contributed by atoms with Crippen LogP contribution in [0.3, 0.4) is 0 Å². The van der Waals surface area contributed by atoms with Crippen molar-refractivity contribution in [1.82, 2.24) is 15.2 Å². The lowest BCUT2D eigenvalue weighted by molar-refractivity contribution is -0.124. The van der Waals surface area contributed by atoms with Crippen molar-refractivity contribution in [3.05, 3.63) is 49.9 Å². The Morgan fingerprint density at radius 3 is 2.48 bits per heavy atom. The molecule has 1 amide bonds. The van der Waals surface area contributed by atoms with Crippen molar-refractivity contribution in [1.29, 1.82) is 0 Å². The summed E-state index contributed by atoms with van der Waals surface area (Å²) in [6.07, 6.45) is 6.20. The van der Waals surface area contributed by atoms with Gasteiger partial charge in [-0.25, -0.2) is 0 Å². The molecule has 4 heterocycles. The summed E-state index contributed by atoms with van der Waals surface area (Å²) in [5.74, 6) is 1.54. The van der Waals surface area contributed by atoms with Gasteiger partial charge in [0.1, 0.15) is 0 Å². The topological polar surface area (TPSA) is 92.9 Å². The number of pyridine rings is 1. The van der Waals surface area contributed by atoms with Crippen LogP contribution in [0.2, 0.25) is 5.02 Å². The molecule has 2 unspecified atom stereocenters. The molecule has 1 aliphatic carbocycles. The van der Waals surface area contributed by atoms with E-state index in [-0.39, 0.29) is 23.9 Å². The number of aromatic nitrogens is 1. The van der Waals surface area contributed by atoms with Gasteiger partial charge in [0.2, 0.25) is 0 Å². The molecular formula is C30H38ClN3O5S. The number of thioether (sulfide) groups is 1. The maximum atomic E-state index is 13.3. The zero-order chi connectivity index (χ0) is 28.2. The number of hydrogen-bond acceptors (Lipinski definition) is 7. The van der Waals surface area contributed by atoms with Gasteiger partial charge in [0.15, 0.2) is 11.5 Å². The number of likely N-dealkylation sites (tertiary alicyclic amines) is 1. The van der Waals surface area contributed by atoms with E-state index in [9.17, 15) is 9.59 Å². The number of carbonyl (C=O) groups is 1. The molecule has 3 fully saturated rings. The number of nitrogens with zero attached hydrogens (tertiary/aromatic N) is 1. The number of carbonyl (C=O) groups excluding carboxylic acids is 1. The Bertz CT molecular complexity index is 1360. The number of benzene rings is 1. The Hall–Kier alpha value is -2.20. The summed E-state index contributed by atoms with van der Waals surface area (Å²) in [4.78, 5) is 32.1. The summed E-state index contributed by atoms with van der Waals surface area (Å²) in [5.41, 5.74) is 2.22. The number of H-pyrrole nitrogens is 1. The molecule has 1 aromatic heterocycles. The molecule has 1 aromatic carbocycles. The largest absolute Gasteiger partial charge is 0.448 e. The number of halogens is 1. The molecule has 1 saturated carbocycles. The first-order valence-corrected chi connectivity index (χ1v) is 15.8. The number of ether oxygens (including phenoxy) is 3. The Morgan fingerprint density at radius 2 is 1.80 bits per heavy atom. The standard InChI is InChI=1S/C30H38ClN3O5S/c1-16-9-25(40-4)23(29(36)33-16)11-32-28(35)22-10-24(31)27-26(17(22)2)38-30(3,39-27)20-5-7-21(8-6-20)34-12-18-14-37-15-19(18)13-34/h9-10,18-21H,5-8,11-15H2,1-4H3,(H,32,35)(H,33,36)/t18?,19?,20-,21+,30-/m1/s1. The van der Waals surface area contributed by atoms with Crippen LogP contribution >= 0.6 is 23.4 Å². The van der Waals surface area contributed by atoms with Crippen LogP contribution in [0, 0.1) is 31.6 Å². The van der Waals surface area contributed by atoms with E-state index in [1.807, 2.05) is 33.1 Å². The summed E-state index contributed by atoms with van der Waals surface area (Å²) in [6, 6.07) is 4.16. The van der Waals surface area contributed by atoms with Gasteiger partial charge in [-0.05, 0) is 57.9 Å². The fourth-order valence-electron chi connectivity index (χ4n) is 7.03. The van der Waals surface area contributed by atoms with Crippen molar-refractivity contribution >= 4 is 29.3 Å². The van der Waals surface area contributed by atoms with Crippen LogP contribution in [0.4, 0.5) is 0 Å². The Morgan fingerprint density at radius 1 is 1.12 bits per heavy atom. The monoisotopic (exact) mass is 587 g/mol. The third kappa shape index (κ3) is 5.03. The maximum Gasteiger partial charge on any atom is 0.254 e. The summed E-state index contributed by atoms with van der Waals surface area (Å²) in [6.45, 7) is 9.96. The molecule has 40 heavy (non-hydrogen) atoms. The van der Waals surface area contributed by atoms with Crippen molar-refractivity contribution in [2.75, 3.05) is 32.6 Å². The highest BCUT2D eigenvalue weighted by Crippen LogP contribution is 2.52. The second kappa shape index (κ2) is 10.9. The van der Waals surface area contributed by atoms with Crippen molar-refractivity contribution in [2.24, 2.45) is 17.8 Å². The summed E-state index contributed by atoms with van der Waals surface area (Å²) in [5, 5.41) is 3.25. The quantitative estimate of drug-likeness (QED) is 0.463. The third-order valence-corrected chi connectivity index (χ3v) is 10.5. The summed E-state index contributed by atoms with van der Waals surface area (Å²) in [7, 11) is 0. The molecule has 216 valence electrons. The van der Waals surface area contributed by atoms with E-state index < -0.39 is 5.79 Å². The van der Waals surface area contributed by atoms with Crippen LogP contribution in [0.5, 0.6) is 11.5 Å². The SMILES string of the molecule is CSc1cc(C)[nH]c(=O)c1CNC(=O)c1cc(Cl)c2c(c1C)O[C@@](C)([C@H]1CC[C@@H](N3CC4COCC4C3)CC1)O2.